The van der Waals surface area contributed by atoms with Crippen LogP contribution in [-0.4, -0.2) is 36.0 Å². The van der Waals surface area contributed by atoms with Crippen molar-refractivity contribution in [2.24, 2.45) is 10.9 Å². The van der Waals surface area contributed by atoms with E-state index in [9.17, 15) is 22.6 Å². The molecule has 34 heavy (non-hydrogen) atoms. The van der Waals surface area contributed by atoms with Crippen molar-refractivity contribution in [3.63, 3.8) is 0 Å². The van der Waals surface area contributed by atoms with Crippen molar-refractivity contribution in [3.8, 4) is 0 Å². The summed E-state index contributed by atoms with van der Waals surface area (Å²) in [7, 11) is -4.38. The second kappa shape index (κ2) is 12.4. The van der Waals surface area contributed by atoms with Gasteiger partial charge in [0, 0.05) is 23.9 Å². The van der Waals surface area contributed by atoms with E-state index >= 15 is 0 Å². The Morgan fingerprint density at radius 3 is 2.32 bits per heavy atom. The number of carbonyl (C=O) groups is 2. The third-order valence-corrected chi connectivity index (χ3v) is 5.33. The standard InChI is InChI=1S/C21H20N6O5S.Na.H/c22-26-21(29)15-7-5-14(6-8-15)11-24-20(28)17-9-10-19(23-12-17)27-25-13-16-3-1-2-4-18(16)33(30,31)32;;/h1-10,12-13H,11,22H2,(H,23,27)(H,24,28)(H,26,29)(H,30,31,32);;/q;+1;-1/b25-13+;;. The number of anilines is 1. The van der Waals surface area contributed by atoms with Crippen LogP contribution in [-0.2, 0) is 16.7 Å². The van der Waals surface area contributed by atoms with E-state index in [4.69, 9.17) is 5.84 Å². The second-order valence-electron chi connectivity index (χ2n) is 6.67. The molecule has 2 aromatic carbocycles. The molecule has 13 heteroatoms. The van der Waals surface area contributed by atoms with E-state index in [0.29, 0.717) is 16.9 Å². The molecule has 0 radical (unpaired) electrons. The van der Waals surface area contributed by atoms with Crippen LogP contribution in [0.3, 0.4) is 0 Å². The van der Waals surface area contributed by atoms with Gasteiger partial charge in [-0.25, -0.2) is 10.8 Å². The van der Waals surface area contributed by atoms with Gasteiger partial charge in [0.2, 0.25) is 0 Å². The van der Waals surface area contributed by atoms with Gasteiger partial charge in [-0.3, -0.25) is 25.0 Å². The van der Waals surface area contributed by atoms with Crippen LogP contribution in [0, 0.1) is 0 Å². The Kier molecular flexibility index (Phi) is 9.86. The summed E-state index contributed by atoms with van der Waals surface area (Å²) in [6.07, 6.45) is 2.59. The molecule has 1 aromatic heterocycles. The molecule has 3 rings (SSSR count). The summed E-state index contributed by atoms with van der Waals surface area (Å²) in [5, 5.41) is 6.66. The SMILES string of the molecule is NNC(=O)c1ccc(CNC(=O)c2ccc(N/N=C/c3ccccc3S(=O)(=O)O)nc2)cc1.[H-].[Na+]. The number of amides is 2. The minimum absolute atomic E-state index is 0. The summed E-state index contributed by atoms with van der Waals surface area (Å²) in [6, 6.07) is 15.5. The van der Waals surface area contributed by atoms with Crippen molar-refractivity contribution < 1.29 is 53.5 Å². The number of rotatable bonds is 8. The quantitative estimate of drug-likeness (QED) is 0.0625. The van der Waals surface area contributed by atoms with Crippen molar-refractivity contribution in [1.82, 2.24) is 15.7 Å². The Hall–Kier alpha value is -3.13. The first-order valence-electron chi connectivity index (χ1n) is 9.47. The van der Waals surface area contributed by atoms with Crippen LogP contribution in [0.4, 0.5) is 5.82 Å². The number of pyridine rings is 1. The molecule has 0 saturated heterocycles. The number of hydrogen-bond donors (Lipinski definition) is 5. The molecule has 0 aliphatic rings. The first-order valence-corrected chi connectivity index (χ1v) is 10.9. The van der Waals surface area contributed by atoms with Crippen LogP contribution < -0.4 is 51.6 Å². The third kappa shape index (κ3) is 7.45. The largest absolute Gasteiger partial charge is 1.00 e. The van der Waals surface area contributed by atoms with Crippen LogP contribution in [0.1, 0.15) is 33.3 Å². The van der Waals surface area contributed by atoms with Gasteiger partial charge in [-0.2, -0.15) is 13.5 Å². The van der Waals surface area contributed by atoms with Gasteiger partial charge in [0.15, 0.2) is 0 Å². The molecule has 0 unspecified atom stereocenters. The maximum Gasteiger partial charge on any atom is 1.00 e. The molecule has 0 saturated carbocycles. The molecule has 172 valence electrons. The van der Waals surface area contributed by atoms with Crippen molar-refractivity contribution in [1.29, 1.82) is 0 Å². The summed E-state index contributed by atoms with van der Waals surface area (Å²) >= 11 is 0. The normalized spacial score (nSPS) is 10.9. The summed E-state index contributed by atoms with van der Waals surface area (Å²) in [4.78, 5) is 27.6. The number of nitrogens with zero attached hydrogens (tertiary/aromatic N) is 2. The van der Waals surface area contributed by atoms with Crippen molar-refractivity contribution in [3.05, 3.63) is 89.1 Å². The van der Waals surface area contributed by atoms with E-state index in [1.807, 2.05) is 5.43 Å². The molecule has 0 aliphatic heterocycles. The summed E-state index contributed by atoms with van der Waals surface area (Å²) in [5.74, 6) is 4.66. The van der Waals surface area contributed by atoms with E-state index in [1.165, 1.54) is 36.7 Å². The van der Waals surface area contributed by atoms with Crippen molar-refractivity contribution in [2.45, 2.75) is 11.4 Å². The zero-order valence-corrected chi connectivity index (χ0v) is 20.9. The van der Waals surface area contributed by atoms with Gasteiger partial charge in [0.25, 0.3) is 21.9 Å². The Balaban J connectivity index is 0.00000306. The number of hydrogen-bond acceptors (Lipinski definition) is 8. The van der Waals surface area contributed by atoms with Crippen LogP contribution in [0.25, 0.3) is 0 Å². The van der Waals surface area contributed by atoms with Gasteiger partial charge in [-0.15, -0.1) is 0 Å². The molecule has 1 heterocycles. The van der Waals surface area contributed by atoms with Gasteiger partial charge in [0.05, 0.1) is 11.8 Å². The molecule has 0 bridgehead atoms. The number of nitrogens with one attached hydrogen (secondary N) is 3. The molecule has 0 atom stereocenters. The van der Waals surface area contributed by atoms with Crippen LogP contribution in [0.5, 0.6) is 0 Å². The van der Waals surface area contributed by atoms with E-state index in [0.717, 1.165) is 5.56 Å². The fraction of sp³-hybridized carbons (Fsp3) is 0.0476. The Morgan fingerprint density at radius 2 is 1.71 bits per heavy atom. The van der Waals surface area contributed by atoms with Crippen molar-refractivity contribution in [2.75, 3.05) is 5.43 Å². The van der Waals surface area contributed by atoms with E-state index in [1.54, 1.807) is 36.4 Å². The molecule has 2 amide bonds. The summed E-state index contributed by atoms with van der Waals surface area (Å²) in [6.45, 7) is 0.251. The maximum atomic E-state index is 12.3. The molecular formula is C21H21N6NaO5S. The molecule has 3 aromatic rings. The average Bonchev–Trinajstić information content (AvgIpc) is 2.82. The first kappa shape index (κ1) is 27.1. The topological polar surface area (TPSA) is 176 Å². The van der Waals surface area contributed by atoms with E-state index < -0.39 is 16.0 Å². The fourth-order valence-corrected chi connectivity index (χ4v) is 3.40. The predicted molar refractivity (Wildman–Crippen MR) is 122 cm³/mol. The number of hydrazone groups is 1. The Bertz CT molecular complexity index is 1290. The molecule has 0 spiro atoms. The first-order chi connectivity index (χ1) is 15.8. The number of benzene rings is 2. The van der Waals surface area contributed by atoms with E-state index in [-0.39, 0.29) is 53.9 Å². The van der Waals surface area contributed by atoms with Crippen molar-refractivity contribution >= 4 is 34.0 Å². The number of nitrogen functional groups attached to an aromatic ring is 1. The molecule has 0 fully saturated rings. The molecular weight excluding hydrogens is 471 g/mol. The smallest absolute Gasteiger partial charge is 1.00 e. The number of aromatic nitrogens is 1. The van der Waals surface area contributed by atoms with Crippen LogP contribution in [0.15, 0.2) is 76.9 Å². The van der Waals surface area contributed by atoms with Gasteiger partial charge in [-0.05, 0) is 35.9 Å². The average molecular weight is 492 g/mol. The molecule has 11 nitrogen and oxygen atoms in total. The number of nitrogens with two attached hydrogens (primary N) is 1. The summed E-state index contributed by atoms with van der Waals surface area (Å²) in [5.41, 5.74) is 6.38. The van der Waals surface area contributed by atoms with Gasteiger partial charge in [0.1, 0.15) is 10.7 Å². The van der Waals surface area contributed by atoms with Gasteiger partial charge < -0.3 is 6.74 Å². The molecule has 6 N–H and O–H groups in total. The third-order valence-electron chi connectivity index (χ3n) is 4.41. The monoisotopic (exact) mass is 492 g/mol. The van der Waals surface area contributed by atoms with Crippen LogP contribution >= 0.6 is 0 Å². The number of carbonyl (C=O) groups excluding carboxylic acids is 2. The van der Waals surface area contributed by atoms with Gasteiger partial charge >= 0.3 is 29.6 Å². The minimum Gasteiger partial charge on any atom is -1.00 e. The molecule has 0 aliphatic carbocycles. The minimum atomic E-state index is -4.38. The zero-order valence-electron chi connectivity index (χ0n) is 19.1. The predicted octanol–water partition coefficient (Wildman–Crippen LogP) is -1.58. The second-order valence-corrected chi connectivity index (χ2v) is 8.06. The van der Waals surface area contributed by atoms with E-state index in [2.05, 4.69) is 20.8 Å². The van der Waals surface area contributed by atoms with Crippen LogP contribution in [0.2, 0.25) is 0 Å². The Labute approximate surface area is 219 Å². The van der Waals surface area contributed by atoms with Gasteiger partial charge in [-0.1, -0.05) is 30.3 Å². The summed E-state index contributed by atoms with van der Waals surface area (Å²) < 4.78 is 32.0. The zero-order chi connectivity index (χ0) is 23.8. The fourth-order valence-electron chi connectivity index (χ4n) is 2.73. The number of hydrazine groups is 1. The maximum absolute atomic E-state index is 12.3. The Morgan fingerprint density at radius 1 is 1.03 bits per heavy atom.